The molecule has 26 heavy (non-hydrogen) atoms. The van der Waals surface area contributed by atoms with Gasteiger partial charge in [-0.05, 0) is 37.1 Å². The fraction of sp³-hybridized carbons (Fsp3) is 0.235. The van der Waals surface area contributed by atoms with E-state index in [1.807, 2.05) is 26.0 Å². The van der Waals surface area contributed by atoms with Gasteiger partial charge in [0.15, 0.2) is 5.13 Å². The fourth-order valence-corrected chi connectivity index (χ4v) is 4.56. The molecule has 0 spiro atoms. The zero-order valence-electron chi connectivity index (χ0n) is 14.6. The molecule has 2 aromatic heterocycles. The molecule has 0 radical (unpaired) electrons. The van der Waals surface area contributed by atoms with Gasteiger partial charge in [0.25, 0.3) is 0 Å². The highest BCUT2D eigenvalue weighted by Gasteiger charge is 2.23. The zero-order valence-corrected chi connectivity index (χ0v) is 16.2. The monoisotopic (exact) mass is 390 g/mol. The summed E-state index contributed by atoms with van der Waals surface area (Å²) >= 11 is 1.38. The molecule has 0 saturated heterocycles. The summed E-state index contributed by atoms with van der Waals surface area (Å²) in [6, 6.07) is 6.97. The third-order valence-electron chi connectivity index (χ3n) is 3.90. The molecule has 0 fully saturated rings. The number of thiazole rings is 1. The Morgan fingerprint density at radius 1 is 1.23 bits per heavy atom. The molecule has 0 aliphatic heterocycles. The van der Waals surface area contributed by atoms with Crippen LogP contribution in [-0.2, 0) is 14.8 Å². The van der Waals surface area contributed by atoms with Gasteiger partial charge in [-0.25, -0.2) is 13.4 Å². The summed E-state index contributed by atoms with van der Waals surface area (Å²) in [4.78, 5) is 20.6. The second kappa shape index (κ2) is 7.10. The van der Waals surface area contributed by atoms with E-state index in [2.05, 4.69) is 15.3 Å². The van der Waals surface area contributed by atoms with Crippen molar-refractivity contribution < 1.29 is 13.2 Å². The lowest BCUT2D eigenvalue weighted by atomic mass is 10.1. The van der Waals surface area contributed by atoms with E-state index in [9.17, 15) is 13.2 Å². The Morgan fingerprint density at radius 3 is 2.62 bits per heavy atom. The van der Waals surface area contributed by atoms with Crippen molar-refractivity contribution in [1.29, 1.82) is 0 Å². The smallest absolute Gasteiger partial charge is 0.244 e. The van der Waals surface area contributed by atoms with Crippen LogP contribution in [0.2, 0.25) is 0 Å². The summed E-state index contributed by atoms with van der Waals surface area (Å²) in [5, 5.41) is 3.14. The molecular formula is C17H18N4O3S2. The lowest BCUT2D eigenvalue weighted by Gasteiger charge is -2.16. The number of hydrogen-bond donors (Lipinski definition) is 1. The number of amides is 1. The molecule has 0 aliphatic carbocycles. The second-order valence-corrected chi connectivity index (χ2v) is 8.94. The van der Waals surface area contributed by atoms with Crippen molar-refractivity contribution in [2.24, 2.45) is 0 Å². The number of rotatable bonds is 5. The standard InChI is InChI=1S/C17H18N4O3S2/c1-11-6-7-12(2)16-15(11)20-17(25-16)19-14(22)10-21(3)26(23,24)13-5-4-8-18-9-13/h4-9H,10H2,1-3H3,(H,19,20,22). The molecule has 1 amide bonds. The number of fused-ring (bicyclic) bond motifs is 1. The number of likely N-dealkylation sites (N-methyl/N-ethyl adjacent to an activating group) is 1. The van der Waals surface area contributed by atoms with Gasteiger partial charge in [-0.1, -0.05) is 23.5 Å². The van der Waals surface area contributed by atoms with E-state index in [0.29, 0.717) is 5.13 Å². The number of nitrogens with one attached hydrogen (secondary N) is 1. The van der Waals surface area contributed by atoms with Crippen LogP contribution in [0.4, 0.5) is 5.13 Å². The van der Waals surface area contributed by atoms with Crippen LogP contribution < -0.4 is 5.32 Å². The number of sulfonamides is 1. The van der Waals surface area contributed by atoms with E-state index in [4.69, 9.17) is 0 Å². The molecule has 1 N–H and O–H groups in total. The van der Waals surface area contributed by atoms with Gasteiger partial charge >= 0.3 is 0 Å². The molecule has 136 valence electrons. The molecule has 0 aliphatic rings. The van der Waals surface area contributed by atoms with Gasteiger partial charge in [0.2, 0.25) is 15.9 Å². The molecule has 2 heterocycles. The number of benzene rings is 1. The van der Waals surface area contributed by atoms with Crippen LogP contribution in [0, 0.1) is 13.8 Å². The van der Waals surface area contributed by atoms with Crippen molar-refractivity contribution in [1.82, 2.24) is 14.3 Å². The number of anilines is 1. The van der Waals surface area contributed by atoms with E-state index in [1.54, 1.807) is 0 Å². The molecule has 9 heteroatoms. The lowest BCUT2D eigenvalue weighted by molar-refractivity contribution is -0.116. The summed E-state index contributed by atoms with van der Waals surface area (Å²) in [7, 11) is -2.42. The van der Waals surface area contributed by atoms with Crippen LogP contribution in [0.25, 0.3) is 10.2 Å². The predicted octanol–water partition coefficient (Wildman–Crippen LogP) is 2.57. The second-order valence-electron chi connectivity index (χ2n) is 5.89. The Labute approximate surface area is 155 Å². The van der Waals surface area contributed by atoms with Gasteiger partial charge in [-0.15, -0.1) is 0 Å². The number of hydrogen-bond acceptors (Lipinski definition) is 6. The highest BCUT2D eigenvalue weighted by atomic mass is 32.2. The summed E-state index contributed by atoms with van der Waals surface area (Å²) in [5.74, 6) is -0.450. The third-order valence-corrected chi connectivity index (χ3v) is 6.79. The number of nitrogens with zero attached hydrogens (tertiary/aromatic N) is 3. The van der Waals surface area contributed by atoms with Gasteiger partial charge in [0, 0.05) is 19.4 Å². The number of carbonyl (C=O) groups excluding carboxylic acids is 1. The molecule has 0 saturated carbocycles. The van der Waals surface area contributed by atoms with E-state index in [0.717, 1.165) is 25.6 Å². The lowest BCUT2D eigenvalue weighted by Crippen LogP contribution is -2.35. The van der Waals surface area contributed by atoms with Crippen LogP contribution in [0.15, 0.2) is 41.6 Å². The topological polar surface area (TPSA) is 92.3 Å². The van der Waals surface area contributed by atoms with Crippen molar-refractivity contribution in [3.8, 4) is 0 Å². The van der Waals surface area contributed by atoms with Crippen molar-refractivity contribution in [3.63, 3.8) is 0 Å². The van der Waals surface area contributed by atoms with Crippen LogP contribution in [-0.4, -0.2) is 42.2 Å². The number of pyridine rings is 1. The molecule has 0 unspecified atom stereocenters. The number of carbonyl (C=O) groups is 1. The highest BCUT2D eigenvalue weighted by molar-refractivity contribution is 7.89. The Kier molecular flexibility index (Phi) is 5.03. The van der Waals surface area contributed by atoms with Gasteiger partial charge in [0.1, 0.15) is 4.90 Å². The van der Waals surface area contributed by atoms with Crippen molar-refractivity contribution >= 4 is 42.6 Å². The molecule has 1 aromatic carbocycles. The van der Waals surface area contributed by atoms with Crippen molar-refractivity contribution in [2.75, 3.05) is 18.9 Å². The van der Waals surface area contributed by atoms with E-state index < -0.39 is 15.9 Å². The molecule has 3 rings (SSSR count). The Morgan fingerprint density at radius 2 is 1.96 bits per heavy atom. The quantitative estimate of drug-likeness (QED) is 0.723. The summed E-state index contributed by atoms with van der Waals surface area (Å²) in [5.41, 5.74) is 2.96. The Hall–Kier alpha value is -2.36. The average molecular weight is 390 g/mol. The molecule has 0 bridgehead atoms. The summed E-state index contributed by atoms with van der Waals surface area (Å²) < 4.78 is 26.9. The van der Waals surface area contributed by atoms with E-state index >= 15 is 0 Å². The van der Waals surface area contributed by atoms with Crippen LogP contribution in [0.3, 0.4) is 0 Å². The molecule has 0 atom stereocenters. The molecular weight excluding hydrogens is 372 g/mol. The minimum Gasteiger partial charge on any atom is -0.301 e. The molecule has 3 aromatic rings. The van der Waals surface area contributed by atoms with E-state index in [1.165, 1.54) is 42.9 Å². The summed E-state index contributed by atoms with van der Waals surface area (Å²) in [6.07, 6.45) is 2.74. The average Bonchev–Trinajstić information content (AvgIpc) is 3.03. The van der Waals surface area contributed by atoms with Gasteiger partial charge < -0.3 is 5.32 Å². The Balaban J connectivity index is 1.75. The fourth-order valence-electron chi connectivity index (χ4n) is 2.44. The van der Waals surface area contributed by atoms with E-state index in [-0.39, 0.29) is 11.4 Å². The largest absolute Gasteiger partial charge is 0.301 e. The first-order valence-electron chi connectivity index (χ1n) is 7.82. The van der Waals surface area contributed by atoms with Crippen molar-refractivity contribution in [3.05, 3.63) is 47.8 Å². The number of aromatic nitrogens is 2. The zero-order chi connectivity index (χ0) is 18.9. The van der Waals surface area contributed by atoms with Crippen LogP contribution >= 0.6 is 11.3 Å². The van der Waals surface area contributed by atoms with Gasteiger partial charge in [-0.2, -0.15) is 4.31 Å². The third kappa shape index (κ3) is 3.59. The maximum absolute atomic E-state index is 12.4. The van der Waals surface area contributed by atoms with Crippen LogP contribution in [0.1, 0.15) is 11.1 Å². The maximum atomic E-state index is 12.4. The number of aryl methyl sites for hydroxylation is 2. The van der Waals surface area contributed by atoms with Crippen molar-refractivity contribution in [2.45, 2.75) is 18.7 Å². The summed E-state index contributed by atoms with van der Waals surface area (Å²) in [6.45, 7) is 3.63. The van der Waals surface area contributed by atoms with Crippen LogP contribution in [0.5, 0.6) is 0 Å². The first kappa shape index (κ1) is 18.4. The van der Waals surface area contributed by atoms with Gasteiger partial charge in [0.05, 0.1) is 16.8 Å². The molecule has 7 nitrogen and oxygen atoms in total. The predicted molar refractivity (Wildman–Crippen MR) is 102 cm³/mol. The first-order chi connectivity index (χ1) is 12.3. The normalized spacial score (nSPS) is 11.8. The first-order valence-corrected chi connectivity index (χ1v) is 10.1. The highest BCUT2D eigenvalue weighted by Crippen LogP contribution is 2.30. The minimum atomic E-state index is -3.77. The Bertz CT molecular complexity index is 1020. The van der Waals surface area contributed by atoms with Gasteiger partial charge in [-0.3, -0.25) is 9.78 Å². The SMILES string of the molecule is Cc1ccc(C)c2sc(NC(=O)CN(C)S(=O)(=O)c3cccnc3)nc12. The minimum absolute atomic E-state index is 0.0431. The maximum Gasteiger partial charge on any atom is 0.244 e.